The van der Waals surface area contributed by atoms with E-state index >= 15 is 0 Å². The van der Waals surface area contributed by atoms with Gasteiger partial charge in [-0.1, -0.05) is 54.6 Å². The van der Waals surface area contributed by atoms with Crippen LogP contribution in [0.2, 0.25) is 0 Å². The van der Waals surface area contributed by atoms with Gasteiger partial charge in [-0.15, -0.1) is 0 Å². The number of ether oxygens (including phenoxy) is 2. The quantitative estimate of drug-likeness (QED) is 0.774. The molecule has 0 aromatic heterocycles. The monoisotopic (exact) mass is 322 g/mol. The van der Waals surface area contributed by atoms with Crippen molar-refractivity contribution in [3.63, 3.8) is 0 Å². The highest BCUT2D eigenvalue weighted by molar-refractivity contribution is 5.77. The van der Waals surface area contributed by atoms with E-state index in [1.165, 1.54) is 17.5 Å². The lowest BCUT2D eigenvalue weighted by atomic mass is 9.99. The first kappa shape index (κ1) is 15.4. The van der Waals surface area contributed by atoms with Gasteiger partial charge < -0.3 is 9.47 Å². The van der Waals surface area contributed by atoms with Crippen molar-refractivity contribution in [2.75, 3.05) is 7.11 Å². The van der Waals surface area contributed by atoms with Gasteiger partial charge in [0.1, 0.15) is 6.10 Å². The summed E-state index contributed by atoms with van der Waals surface area (Å²) in [5.41, 5.74) is 3.37. The number of carbonyl (C=O) groups is 1. The molecule has 0 bridgehead atoms. The number of fused-ring (bicyclic) bond motifs is 3. The lowest BCUT2D eigenvalue weighted by Gasteiger charge is -2.22. The van der Waals surface area contributed by atoms with Crippen LogP contribution in [0.1, 0.15) is 54.1 Å². The van der Waals surface area contributed by atoms with Gasteiger partial charge in [-0.05, 0) is 47.8 Å². The van der Waals surface area contributed by atoms with Crippen LogP contribution >= 0.6 is 0 Å². The predicted molar refractivity (Wildman–Crippen MR) is 91.5 cm³/mol. The molecule has 3 heteroatoms. The third-order valence-electron chi connectivity index (χ3n) is 5.28. The highest BCUT2D eigenvalue weighted by Crippen LogP contribution is 2.55. The van der Waals surface area contributed by atoms with Crippen LogP contribution in [0.15, 0.2) is 54.6 Å². The highest BCUT2D eigenvalue weighted by atomic mass is 16.6. The average molecular weight is 322 g/mol. The van der Waals surface area contributed by atoms with E-state index in [9.17, 15) is 4.79 Å². The summed E-state index contributed by atoms with van der Waals surface area (Å²) < 4.78 is 11.3. The van der Waals surface area contributed by atoms with Crippen LogP contribution in [0.5, 0.6) is 0 Å². The molecule has 24 heavy (non-hydrogen) atoms. The van der Waals surface area contributed by atoms with Crippen molar-refractivity contribution in [2.24, 2.45) is 5.92 Å². The van der Waals surface area contributed by atoms with Crippen LogP contribution in [0.25, 0.3) is 0 Å². The Kier molecular flexibility index (Phi) is 4.11. The fraction of sp³-hybridized carbons (Fsp3) is 0.381. The third kappa shape index (κ3) is 2.84. The Bertz CT molecular complexity index is 725. The van der Waals surface area contributed by atoms with Crippen LogP contribution in [0.4, 0.5) is 0 Å². The van der Waals surface area contributed by atoms with Gasteiger partial charge >= 0.3 is 5.97 Å². The molecular weight excluding hydrogens is 300 g/mol. The van der Waals surface area contributed by atoms with Gasteiger partial charge in [0.05, 0.1) is 0 Å². The molecule has 124 valence electrons. The minimum atomic E-state index is -0.670. The second kappa shape index (κ2) is 6.40. The molecule has 0 aliphatic heterocycles. The van der Waals surface area contributed by atoms with E-state index in [2.05, 4.69) is 18.2 Å². The zero-order chi connectivity index (χ0) is 16.5. The standard InChI is InChI=1S/C21H22O3/c1-23-20(14-7-3-2-4-8-14)21(22)24-19-12-11-15-13-18(15)16-9-5-6-10-17(16)19/h2-10,15,18-20H,11-13H2,1H3/t15-,18+,19-,20-/m0/s1. The van der Waals surface area contributed by atoms with Crippen molar-refractivity contribution in [3.05, 3.63) is 71.3 Å². The van der Waals surface area contributed by atoms with Crippen molar-refractivity contribution in [2.45, 2.75) is 37.4 Å². The van der Waals surface area contributed by atoms with Crippen LogP contribution < -0.4 is 0 Å². The Morgan fingerprint density at radius 3 is 2.46 bits per heavy atom. The largest absolute Gasteiger partial charge is 0.455 e. The molecule has 0 N–H and O–H groups in total. The Morgan fingerprint density at radius 1 is 1.00 bits per heavy atom. The van der Waals surface area contributed by atoms with Crippen LogP contribution in [0.3, 0.4) is 0 Å². The van der Waals surface area contributed by atoms with Gasteiger partial charge in [-0.3, -0.25) is 0 Å². The van der Waals surface area contributed by atoms with Crippen LogP contribution in [-0.4, -0.2) is 13.1 Å². The minimum absolute atomic E-state index is 0.164. The average Bonchev–Trinajstić information content (AvgIpc) is 3.40. The SMILES string of the molecule is CO[C@H](C(=O)O[C@H]1CC[C@H]2C[C@H]2c2ccccc21)c1ccccc1. The molecule has 2 aliphatic rings. The first-order valence-electron chi connectivity index (χ1n) is 8.65. The molecule has 0 radical (unpaired) electrons. The predicted octanol–water partition coefficient (Wildman–Crippen LogP) is 4.56. The molecule has 0 spiro atoms. The number of hydrogen-bond donors (Lipinski definition) is 0. The molecule has 2 aliphatic carbocycles. The first-order chi connectivity index (χ1) is 11.8. The normalized spacial score (nSPS) is 25.8. The molecule has 3 nitrogen and oxygen atoms in total. The summed E-state index contributed by atoms with van der Waals surface area (Å²) in [5.74, 6) is 1.12. The Labute approximate surface area is 142 Å². The van der Waals surface area contributed by atoms with Crippen LogP contribution in [-0.2, 0) is 14.3 Å². The molecule has 0 heterocycles. The van der Waals surface area contributed by atoms with E-state index in [4.69, 9.17) is 9.47 Å². The molecular formula is C21H22O3. The number of esters is 1. The van der Waals surface area contributed by atoms with Gasteiger partial charge in [0.25, 0.3) is 0 Å². The summed E-state index contributed by atoms with van der Waals surface area (Å²) in [6, 6.07) is 17.9. The second-order valence-corrected chi connectivity index (χ2v) is 6.76. The topological polar surface area (TPSA) is 35.5 Å². The van der Waals surface area contributed by atoms with E-state index in [0.29, 0.717) is 5.92 Å². The summed E-state index contributed by atoms with van der Waals surface area (Å²) in [6.45, 7) is 0. The summed E-state index contributed by atoms with van der Waals surface area (Å²) in [6.07, 6.45) is 2.47. The smallest absolute Gasteiger partial charge is 0.340 e. The molecule has 1 saturated carbocycles. The summed E-state index contributed by atoms with van der Waals surface area (Å²) in [5, 5.41) is 0. The third-order valence-corrected chi connectivity index (χ3v) is 5.28. The highest BCUT2D eigenvalue weighted by Gasteiger charge is 2.43. The fourth-order valence-corrected chi connectivity index (χ4v) is 3.93. The van der Waals surface area contributed by atoms with E-state index in [1.807, 2.05) is 36.4 Å². The van der Waals surface area contributed by atoms with E-state index in [0.717, 1.165) is 24.3 Å². The Morgan fingerprint density at radius 2 is 1.71 bits per heavy atom. The zero-order valence-corrected chi connectivity index (χ0v) is 13.9. The fourth-order valence-electron chi connectivity index (χ4n) is 3.93. The summed E-state index contributed by atoms with van der Waals surface area (Å²) >= 11 is 0. The molecule has 2 aromatic carbocycles. The summed E-state index contributed by atoms with van der Waals surface area (Å²) in [7, 11) is 1.55. The molecule has 4 atom stereocenters. The number of carbonyl (C=O) groups excluding carboxylic acids is 1. The van der Waals surface area contributed by atoms with E-state index in [-0.39, 0.29) is 12.1 Å². The summed E-state index contributed by atoms with van der Waals surface area (Å²) in [4.78, 5) is 12.7. The van der Waals surface area contributed by atoms with Gasteiger partial charge in [-0.2, -0.15) is 0 Å². The number of methoxy groups -OCH3 is 1. The van der Waals surface area contributed by atoms with E-state index < -0.39 is 6.10 Å². The van der Waals surface area contributed by atoms with Gasteiger partial charge in [0, 0.05) is 7.11 Å². The van der Waals surface area contributed by atoms with Crippen molar-refractivity contribution in [3.8, 4) is 0 Å². The van der Waals surface area contributed by atoms with Crippen molar-refractivity contribution >= 4 is 5.97 Å². The maximum Gasteiger partial charge on any atom is 0.340 e. The number of hydrogen-bond acceptors (Lipinski definition) is 3. The molecule has 0 saturated heterocycles. The molecule has 0 unspecified atom stereocenters. The van der Waals surface area contributed by atoms with Crippen molar-refractivity contribution in [1.29, 1.82) is 0 Å². The lowest BCUT2D eigenvalue weighted by Crippen LogP contribution is -2.20. The molecule has 2 aromatic rings. The number of benzene rings is 2. The lowest BCUT2D eigenvalue weighted by molar-refractivity contribution is -0.162. The molecule has 4 rings (SSSR count). The maximum atomic E-state index is 12.7. The molecule has 1 fully saturated rings. The van der Waals surface area contributed by atoms with Gasteiger partial charge in [-0.25, -0.2) is 4.79 Å². The Balaban J connectivity index is 1.56. The Hall–Kier alpha value is -2.13. The van der Waals surface area contributed by atoms with Gasteiger partial charge in [0.2, 0.25) is 0 Å². The maximum absolute atomic E-state index is 12.7. The van der Waals surface area contributed by atoms with Crippen LogP contribution in [0, 0.1) is 5.92 Å². The first-order valence-corrected chi connectivity index (χ1v) is 8.65. The van der Waals surface area contributed by atoms with Gasteiger partial charge in [0.15, 0.2) is 6.10 Å². The van der Waals surface area contributed by atoms with Crippen molar-refractivity contribution in [1.82, 2.24) is 0 Å². The number of rotatable bonds is 4. The second-order valence-electron chi connectivity index (χ2n) is 6.76. The van der Waals surface area contributed by atoms with Crippen molar-refractivity contribution < 1.29 is 14.3 Å². The molecule has 0 amide bonds. The van der Waals surface area contributed by atoms with E-state index in [1.54, 1.807) is 7.11 Å². The zero-order valence-electron chi connectivity index (χ0n) is 13.9. The minimum Gasteiger partial charge on any atom is -0.455 e.